The van der Waals surface area contributed by atoms with Crippen LogP contribution in [0.25, 0.3) is 0 Å². The summed E-state index contributed by atoms with van der Waals surface area (Å²) in [5.74, 6) is -0.297. The second-order valence-electron chi connectivity index (χ2n) is 5.64. The first kappa shape index (κ1) is 19.6. The van der Waals surface area contributed by atoms with E-state index in [9.17, 15) is 9.59 Å². The number of anilines is 1. The molecule has 0 heterocycles. The lowest BCUT2D eigenvalue weighted by atomic mass is 10.1. The molecule has 26 heavy (non-hydrogen) atoms. The van der Waals surface area contributed by atoms with E-state index in [2.05, 4.69) is 5.32 Å². The minimum absolute atomic E-state index is 0.131. The van der Waals surface area contributed by atoms with Gasteiger partial charge < -0.3 is 20.5 Å². The maximum Gasteiger partial charge on any atom is 0.341 e. The van der Waals surface area contributed by atoms with Crippen LogP contribution in [0.3, 0.4) is 0 Å². The molecule has 0 aliphatic rings. The third-order valence-corrected chi connectivity index (χ3v) is 4.13. The number of carbonyl (C=O) groups is 2. The van der Waals surface area contributed by atoms with Crippen molar-refractivity contribution in [3.8, 4) is 5.75 Å². The Hall–Kier alpha value is -2.73. The van der Waals surface area contributed by atoms with Gasteiger partial charge >= 0.3 is 5.97 Å². The van der Waals surface area contributed by atoms with Gasteiger partial charge in [0.1, 0.15) is 5.75 Å². The van der Waals surface area contributed by atoms with Crippen molar-refractivity contribution in [2.24, 2.45) is 0 Å². The fraction of sp³-hybridized carbons (Fsp3) is 0.263. The number of hydrogen-bond acceptors (Lipinski definition) is 5. The Morgan fingerprint density at radius 3 is 2.54 bits per heavy atom. The van der Waals surface area contributed by atoms with Gasteiger partial charge in [-0.3, -0.25) is 4.79 Å². The summed E-state index contributed by atoms with van der Waals surface area (Å²) >= 11 is 5.88. The van der Waals surface area contributed by atoms with Crippen LogP contribution < -0.4 is 15.8 Å². The molecule has 2 rings (SSSR count). The normalized spacial score (nSPS) is 11.5. The van der Waals surface area contributed by atoms with Crippen molar-refractivity contribution in [3.63, 3.8) is 0 Å². The highest BCUT2D eigenvalue weighted by molar-refractivity contribution is 6.33. The summed E-state index contributed by atoms with van der Waals surface area (Å²) < 4.78 is 10.3. The van der Waals surface area contributed by atoms with E-state index in [-0.39, 0.29) is 22.2 Å². The number of benzene rings is 2. The first-order chi connectivity index (χ1) is 12.4. The number of nitrogens with one attached hydrogen (secondary N) is 1. The van der Waals surface area contributed by atoms with Crippen molar-refractivity contribution in [1.29, 1.82) is 0 Å². The third kappa shape index (κ3) is 5.13. The van der Waals surface area contributed by atoms with Gasteiger partial charge in [0, 0.05) is 6.54 Å². The van der Waals surface area contributed by atoms with Gasteiger partial charge in [0.25, 0.3) is 5.91 Å². The molecule has 138 valence electrons. The Morgan fingerprint density at radius 2 is 1.88 bits per heavy atom. The minimum Gasteiger partial charge on any atom is -0.497 e. The predicted octanol–water partition coefficient (Wildman–Crippen LogP) is 2.84. The highest BCUT2D eigenvalue weighted by Gasteiger charge is 2.20. The van der Waals surface area contributed by atoms with Crippen LogP contribution in [0.5, 0.6) is 5.75 Å². The molecule has 0 radical (unpaired) electrons. The van der Waals surface area contributed by atoms with Crippen molar-refractivity contribution in [1.82, 2.24) is 5.32 Å². The van der Waals surface area contributed by atoms with Gasteiger partial charge in [0.2, 0.25) is 0 Å². The SMILES string of the molecule is COc1ccc(CCNC(=O)[C@H](C)OC(=O)c2cccc(Cl)c2N)cc1. The molecular weight excluding hydrogens is 356 g/mol. The van der Waals surface area contributed by atoms with E-state index in [1.165, 1.54) is 13.0 Å². The van der Waals surface area contributed by atoms with Gasteiger partial charge in [-0.15, -0.1) is 0 Å². The summed E-state index contributed by atoms with van der Waals surface area (Å²) in [6, 6.07) is 12.2. The Balaban J connectivity index is 1.83. The zero-order valence-corrected chi connectivity index (χ0v) is 15.4. The van der Waals surface area contributed by atoms with Gasteiger partial charge in [-0.2, -0.15) is 0 Å². The van der Waals surface area contributed by atoms with E-state index in [4.69, 9.17) is 26.8 Å². The molecule has 0 bridgehead atoms. The molecule has 0 saturated carbocycles. The molecule has 0 saturated heterocycles. The molecule has 6 nitrogen and oxygen atoms in total. The van der Waals surface area contributed by atoms with Gasteiger partial charge in [-0.05, 0) is 43.2 Å². The number of halogens is 1. The summed E-state index contributed by atoms with van der Waals surface area (Å²) in [5, 5.41) is 3.00. The number of nitrogen functional groups attached to an aromatic ring is 1. The van der Waals surface area contributed by atoms with Crippen molar-refractivity contribution in [3.05, 3.63) is 58.6 Å². The Labute approximate surface area is 157 Å². The van der Waals surface area contributed by atoms with Crippen molar-refractivity contribution < 1.29 is 19.1 Å². The highest BCUT2D eigenvalue weighted by atomic mass is 35.5. The van der Waals surface area contributed by atoms with Crippen LogP contribution in [0.15, 0.2) is 42.5 Å². The van der Waals surface area contributed by atoms with Gasteiger partial charge in [-0.1, -0.05) is 29.8 Å². The molecule has 1 amide bonds. The average molecular weight is 377 g/mol. The maximum absolute atomic E-state index is 12.1. The molecule has 1 atom stereocenters. The van der Waals surface area contributed by atoms with E-state index in [1.54, 1.807) is 19.2 Å². The molecule has 7 heteroatoms. The lowest BCUT2D eigenvalue weighted by molar-refractivity contribution is -0.129. The van der Waals surface area contributed by atoms with Crippen LogP contribution in [0.1, 0.15) is 22.8 Å². The maximum atomic E-state index is 12.1. The summed E-state index contributed by atoms with van der Waals surface area (Å²) in [6.45, 7) is 1.92. The number of ether oxygens (including phenoxy) is 2. The summed E-state index contributed by atoms with van der Waals surface area (Å²) in [6.07, 6.45) is -0.297. The first-order valence-electron chi connectivity index (χ1n) is 8.08. The smallest absolute Gasteiger partial charge is 0.341 e. The van der Waals surface area contributed by atoms with Crippen LogP contribution in [-0.4, -0.2) is 31.6 Å². The van der Waals surface area contributed by atoms with Crippen LogP contribution in [0.4, 0.5) is 5.69 Å². The van der Waals surface area contributed by atoms with Crippen molar-refractivity contribution in [2.75, 3.05) is 19.4 Å². The number of para-hydroxylation sites is 1. The number of carbonyl (C=O) groups excluding carboxylic acids is 2. The first-order valence-corrected chi connectivity index (χ1v) is 8.45. The Kier molecular flexibility index (Phi) is 6.86. The lowest BCUT2D eigenvalue weighted by Gasteiger charge is -2.14. The topological polar surface area (TPSA) is 90.6 Å². The van der Waals surface area contributed by atoms with E-state index >= 15 is 0 Å². The number of nitrogens with two attached hydrogens (primary N) is 1. The Bertz CT molecular complexity index is 778. The van der Waals surface area contributed by atoms with Gasteiger partial charge in [-0.25, -0.2) is 4.79 Å². The van der Waals surface area contributed by atoms with Crippen LogP contribution in [0, 0.1) is 0 Å². The lowest BCUT2D eigenvalue weighted by Crippen LogP contribution is -2.37. The largest absolute Gasteiger partial charge is 0.497 e. The number of rotatable bonds is 7. The van der Waals surface area contributed by atoms with Crippen LogP contribution in [0.2, 0.25) is 5.02 Å². The average Bonchev–Trinajstić information content (AvgIpc) is 2.64. The predicted molar refractivity (Wildman–Crippen MR) is 100 cm³/mol. The van der Waals surface area contributed by atoms with E-state index in [0.29, 0.717) is 13.0 Å². The number of hydrogen-bond donors (Lipinski definition) is 2. The van der Waals surface area contributed by atoms with Crippen molar-refractivity contribution >= 4 is 29.2 Å². The molecule has 0 fully saturated rings. The zero-order valence-electron chi connectivity index (χ0n) is 14.6. The quantitative estimate of drug-likeness (QED) is 0.572. The summed E-state index contributed by atoms with van der Waals surface area (Å²) in [5.41, 5.74) is 7.08. The molecule has 0 aliphatic carbocycles. The third-order valence-electron chi connectivity index (χ3n) is 3.80. The van der Waals surface area contributed by atoms with Gasteiger partial charge in [0.05, 0.1) is 23.4 Å². The highest BCUT2D eigenvalue weighted by Crippen LogP contribution is 2.23. The number of esters is 1. The molecule has 0 aromatic heterocycles. The van der Waals surface area contributed by atoms with E-state index < -0.39 is 12.1 Å². The molecular formula is C19H21ClN2O4. The molecule has 0 aliphatic heterocycles. The monoisotopic (exact) mass is 376 g/mol. The molecule has 0 spiro atoms. The number of methoxy groups -OCH3 is 1. The fourth-order valence-corrected chi connectivity index (χ4v) is 2.43. The molecule has 3 N–H and O–H groups in total. The van der Waals surface area contributed by atoms with Crippen LogP contribution >= 0.6 is 11.6 Å². The summed E-state index contributed by atoms with van der Waals surface area (Å²) in [4.78, 5) is 24.2. The second kappa shape index (κ2) is 9.10. The number of amides is 1. The minimum atomic E-state index is -0.947. The molecule has 2 aromatic carbocycles. The van der Waals surface area contributed by atoms with E-state index in [0.717, 1.165) is 11.3 Å². The van der Waals surface area contributed by atoms with Crippen molar-refractivity contribution in [2.45, 2.75) is 19.4 Å². The fourth-order valence-electron chi connectivity index (χ4n) is 2.26. The standard InChI is InChI=1S/C19H21ClN2O4/c1-12(26-19(24)15-4-3-5-16(20)17(15)21)18(23)22-11-10-13-6-8-14(25-2)9-7-13/h3-9,12H,10-11,21H2,1-2H3,(H,22,23)/t12-/m0/s1. The second-order valence-corrected chi connectivity index (χ2v) is 6.04. The van der Waals surface area contributed by atoms with Crippen LogP contribution in [-0.2, 0) is 16.0 Å². The van der Waals surface area contributed by atoms with E-state index in [1.807, 2.05) is 24.3 Å². The Morgan fingerprint density at radius 1 is 1.19 bits per heavy atom. The van der Waals surface area contributed by atoms with Gasteiger partial charge in [0.15, 0.2) is 6.10 Å². The summed E-state index contributed by atoms with van der Waals surface area (Å²) in [7, 11) is 1.61. The molecule has 0 unspecified atom stereocenters. The molecule has 2 aromatic rings. The zero-order chi connectivity index (χ0) is 19.1.